The third-order valence-corrected chi connectivity index (χ3v) is 8.24. The number of nitrogens with two attached hydrogens (primary N) is 1. The lowest BCUT2D eigenvalue weighted by Gasteiger charge is -2.28. The molecule has 5 rings (SSSR count). The lowest BCUT2D eigenvalue weighted by molar-refractivity contribution is -0.115. The number of hydrogen-bond donors (Lipinski definition) is 3. The normalized spacial score (nSPS) is 19.1. The number of aryl methyl sites for hydroxylation is 1. The topological polar surface area (TPSA) is 108 Å². The number of carbonyl (C=O) groups is 3. The van der Waals surface area contributed by atoms with Crippen LogP contribution in [0.2, 0.25) is 0 Å². The molecule has 3 aromatic rings. The van der Waals surface area contributed by atoms with Crippen molar-refractivity contribution in [2.45, 2.75) is 57.5 Å². The molecule has 1 aliphatic carbocycles. The summed E-state index contributed by atoms with van der Waals surface area (Å²) in [5.74, 6) is -0.258. The Bertz CT molecular complexity index is 1400. The van der Waals surface area contributed by atoms with E-state index in [2.05, 4.69) is 15.5 Å². The molecule has 42 heavy (non-hydrogen) atoms. The zero-order chi connectivity index (χ0) is 29.5. The van der Waals surface area contributed by atoms with E-state index in [-0.39, 0.29) is 36.2 Å². The molecule has 0 radical (unpaired) electrons. The predicted octanol–water partition coefficient (Wildman–Crippen LogP) is 4.53. The van der Waals surface area contributed by atoms with Crippen LogP contribution in [0, 0.1) is 6.92 Å². The van der Waals surface area contributed by atoms with Gasteiger partial charge in [0.1, 0.15) is 0 Å². The van der Waals surface area contributed by atoms with Crippen LogP contribution in [0.3, 0.4) is 0 Å². The van der Waals surface area contributed by atoms with Gasteiger partial charge in [0.2, 0.25) is 5.91 Å². The molecule has 1 saturated heterocycles. The lowest BCUT2D eigenvalue weighted by Crippen LogP contribution is -2.40. The molecule has 0 atom stereocenters. The van der Waals surface area contributed by atoms with Crippen LogP contribution in [0.25, 0.3) is 0 Å². The summed E-state index contributed by atoms with van der Waals surface area (Å²) in [6.45, 7) is 4.56. The average molecular weight is 568 g/mol. The second-order valence-corrected chi connectivity index (χ2v) is 11.5. The monoisotopic (exact) mass is 567 g/mol. The Labute approximate surface area is 248 Å². The smallest absolute Gasteiger partial charge is 0.253 e. The molecule has 8 heteroatoms. The third-order valence-electron chi connectivity index (χ3n) is 8.24. The number of nitrogens with zero attached hydrogens (tertiary/aromatic N) is 2. The molecule has 0 bridgehead atoms. The maximum atomic E-state index is 13.2. The molecule has 0 spiro atoms. The minimum Gasteiger partial charge on any atom is -0.368 e. The van der Waals surface area contributed by atoms with Crippen molar-refractivity contribution in [2.75, 3.05) is 36.4 Å². The van der Waals surface area contributed by atoms with Gasteiger partial charge in [-0.25, -0.2) is 0 Å². The summed E-state index contributed by atoms with van der Waals surface area (Å²) in [4.78, 5) is 43.7. The molecular formula is C34H41N5O3. The summed E-state index contributed by atoms with van der Waals surface area (Å²) in [6, 6.07) is 23.1. The van der Waals surface area contributed by atoms with Gasteiger partial charge in [0.15, 0.2) is 0 Å². The SMILES string of the molecule is Cc1cccc(C(=O)N2CCCN(c3ccc(C(=O)NC4CCC(N)CC4)cc3NC(=O)Cc3ccccc3)CC2)c1. The molecule has 1 saturated carbocycles. The Kier molecular flexibility index (Phi) is 9.54. The molecular weight excluding hydrogens is 526 g/mol. The van der Waals surface area contributed by atoms with Crippen molar-refractivity contribution < 1.29 is 14.4 Å². The molecule has 8 nitrogen and oxygen atoms in total. The summed E-state index contributed by atoms with van der Waals surface area (Å²) < 4.78 is 0. The third kappa shape index (κ3) is 7.56. The molecule has 220 valence electrons. The fraction of sp³-hybridized carbons (Fsp3) is 0.382. The largest absolute Gasteiger partial charge is 0.368 e. The molecule has 3 aromatic carbocycles. The second-order valence-electron chi connectivity index (χ2n) is 11.5. The van der Waals surface area contributed by atoms with E-state index in [0.717, 1.165) is 55.5 Å². The van der Waals surface area contributed by atoms with Gasteiger partial charge in [-0.05, 0) is 74.9 Å². The van der Waals surface area contributed by atoms with Crippen molar-refractivity contribution in [1.82, 2.24) is 10.2 Å². The lowest BCUT2D eigenvalue weighted by atomic mass is 9.91. The fourth-order valence-electron chi connectivity index (χ4n) is 5.88. The van der Waals surface area contributed by atoms with E-state index in [1.807, 2.05) is 78.6 Å². The van der Waals surface area contributed by atoms with E-state index in [0.29, 0.717) is 36.4 Å². The number of amides is 3. The van der Waals surface area contributed by atoms with Crippen molar-refractivity contribution >= 4 is 29.1 Å². The van der Waals surface area contributed by atoms with Gasteiger partial charge in [-0.2, -0.15) is 0 Å². The van der Waals surface area contributed by atoms with Crippen molar-refractivity contribution in [3.05, 3.63) is 95.1 Å². The Balaban J connectivity index is 1.33. The molecule has 0 aromatic heterocycles. The highest BCUT2D eigenvalue weighted by molar-refractivity contribution is 6.00. The Morgan fingerprint density at radius 2 is 1.62 bits per heavy atom. The summed E-state index contributed by atoms with van der Waals surface area (Å²) in [5, 5.41) is 6.25. The first-order valence-electron chi connectivity index (χ1n) is 15.0. The van der Waals surface area contributed by atoms with Crippen LogP contribution in [-0.4, -0.2) is 60.9 Å². The van der Waals surface area contributed by atoms with Crippen LogP contribution in [0.5, 0.6) is 0 Å². The number of benzene rings is 3. The van der Waals surface area contributed by atoms with E-state index < -0.39 is 0 Å². The van der Waals surface area contributed by atoms with Crippen LogP contribution in [0.15, 0.2) is 72.8 Å². The zero-order valence-electron chi connectivity index (χ0n) is 24.4. The highest BCUT2D eigenvalue weighted by Crippen LogP contribution is 2.29. The van der Waals surface area contributed by atoms with Gasteiger partial charge in [-0.15, -0.1) is 0 Å². The van der Waals surface area contributed by atoms with E-state index >= 15 is 0 Å². The standard InChI is InChI=1S/C34H41N5O3/c1-24-7-5-10-27(21-24)34(42)39-18-6-17-38(19-20-39)31-16-11-26(33(41)36-29-14-12-28(35)13-15-29)23-30(31)37-32(40)22-25-8-3-2-4-9-25/h2-5,7-11,16,21,23,28-29H,6,12-15,17-20,22,35H2,1H3,(H,36,41)(H,37,40). The van der Waals surface area contributed by atoms with Crippen molar-refractivity contribution in [1.29, 1.82) is 0 Å². The Morgan fingerprint density at radius 1 is 0.833 bits per heavy atom. The number of carbonyl (C=O) groups excluding carboxylic acids is 3. The molecule has 0 unspecified atom stereocenters. The maximum absolute atomic E-state index is 13.2. The summed E-state index contributed by atoms with van der Waals surface area (Å²) in [7, 11) is 0. The first-order chi connectivity index (χ1) is 20.4. The van der Waals surface area contributed by atoms with Crippen molar-refractivity contribution in [2.24, 2.45) is 5.73 Å². The molecule has 3 amide bonds. The van der Waals surface area contributed by atoms with Gasteiger partial charge in [0.05, 0.1) is 17.8 Å². The molecule has 4 N–H and O–H groups in total. The minimum atomic E-state index is -0.147. The van der Waals surface area contributed by atoms with Gasteiger partial charge >= 0.3 is 0 Å². The van der Waals surface area contributed by atoms with Crippen LogP contribution in [-0.2, 0) is 11.2 Å². The highest BCUT2D eigenvalue weighted by atomic mass is 16.2. The highest BCUT2D eigenvalue weighted by Gasteiger charge is 2.24. The summed E-state index contributed by atoms with van der Waals surface area (Å²) in [5.41, 5.74) is 10.7. The number of rotatable bonds is 7. The van der Waals surface area contributed by atoms with Gasteiger partial charge in [-0.3, -0.25) is 14.4 Å². The van der Waals surface area contributed by atoms with Crippen LogP contribution in [0.1, 0.15) is 63.9 Å². The van der Waals surface area contributed by atoms with E-state index in [9.17, 15) is 14.4 Å². The first kappa shape index (κ1) is 29.3. The minimum absolute atomic E-state index is 0.0348. The fourth-order valence-corrected chi connectivity index (χ4v) is 5.88. The predicted molar refractivity (Wildman–Crippen MR) is 167 cm³/mol. The van der Waals surface area contributed by atoms with Gasteiger partial charge in [0, 0.05) is 49.4 Å². The van der Waals surface area contributed by atoms with Crippen molar-refractivity contribution in [3.63, 3.8) is 0 Å². The first-order valence-corrected chi connectivity index (χ1v) is 15.0. The van der Waals surface area contributed by atoms with Gasteiger partial charge < -0.3 is 26.2 Å². The van der Waals surface area contributed by atoms with Gasteiger partial charge in [-0.1, -0.05) is 48.0 Å². The maximum Gasteiger partial charge on any atom is 0.253 e. The Hall–Kier alpha value is -4.17. The quantitative estimate of drug-likeness (QED) is 0.389. The molecule has 1 heterocycles. The van der Waals surface area contributed by atoms with E-state index in [1.165, 1.54) is 0 Å². The van der Waals surface area contributed by atoms with Gasteiger partial charge in [0.25, 0.3) is 11.8 Å². The zero-order valence-corrected chi connectivity index (χ0v) is 24.4. The summed E-state index contributed by atoms with van der Waals surface area (Å²) >= 11 is 0. The Morgan fingerprint density at radius 3 is 2.38 bits per heavy atom. The molecule has 2 fully saturated rings. The summed E-state index contributed by atoms with van der Waals surface area (Å²) in [6.07, 6.45) is 4.58. The van der Waals surface area contributed by atoms with Crippen LogP contribution < -0.4 is 21.3 Å². The van der Waals surface area contributed by atoms with Crippen LogP contribution >= 0.6 is 0 Å². The van der Waals surface area contributed by atoms with Crippen molar-refractivity contribution in [3.8, 4) is 0 Å². The number of hydrogen-bond acceptors (Lipinski definition) is 5. The van der Waals surface area contributed by atoms with E-state index in [4.69, 9.17) is 5.73 Å². The second kappa shape index (κ2) is 13.7. The van der Waals surface area contributed by atoms with Crippen LogP contribution in [0.4, 0.5) is 11.4 Å². The number of nitrogens with one attached hydrogen (secondary N) is 2. The number of anilines is 2. The average Bonchev–Trinajstić information content (AvgIpc) is 3.25. The molecule has 2 aliphatic rings. The van der Waals surface area contributed by atoms with E-state index in [1.54, 1.807) is 6.07 Å². The molecule has 1 aliphatic heterocycles.